The summed E-state index contributed by atoms with van der Waals surface area (Å²) >= 11 is 0. The molecule has 0 aliphatic rings. The fraction of sp³-hybridized carbons (Fsp3) is 0.452. The van der Waals surface area contributed by atoms with Crippen LogP contribution >= 0.6 is 0 Å². The Morgan fingerprint density at radius 1 is 1.06 bits per heavy atom. The lowest BCUT2D eigenvalue weighted by atomic mass is 9.87. The molecule has 1 unspecified atom stereocenters. The van der Waals surface area contributed by atoms with Gasteiger partial charge in [0.15, 0.2) is 5.78 Å². The molecule has 3 rings (SSSR count). The minimum atomic E-state index is -0.840. The van der Waals surface area contributed by atoms with E-state index in [1.807, 2.05) is 44.2 Å². The molecule has 0 saturated carbocycles. The summed E-state index contributed by atoms with van der Waals surface area (Å²) in [4.78, 5) is 29.3. The molecule has 0 aliphatic heterocycles. The van der Waals surface area contributed by atoms with Crippen molar-refractivity contribution >= 4 is 11.8 Å². The lowest BCUT2D eigenvalue weighted by Crippen LogP contribution is -2.18. The smallest absolute Gasteiger partial charge is 0.303 e. The second kappa shape index (κ2) is 11.2. The second-order valence-electron chi connectivity index (χ2n) is 11.0. The first-order valence-corrected chi connectivity index (χ1v) is 12.9. The van der Waals surface area contributed by atoms with Crippen molar-refractivity contribution < 1.29 is 19.1 Å². The van der Waals surface area contributed by atoms with Crippen LogP contribution in [0.4, 0.5) is 0 Å². The minimum Gasteiger partial charge on any atom is -0.481 e. The lowest BCUT2D eigenvalue weighted by Gasteiger charge is -2.18. The summed E-state index contributed by atoms with van der Waals surface area (Å²) in [6, 6.07) is 13.9. The van der Waals surface area contributed by atoms with E-state index in [0.717, 1.165) is 28.1 Å². The predicted molar refractivity (Wildman–Crippen MR) is 144 cm³/mol. The largest absolute Gasteiger partial charge is 0.481 e. The van der Waals surface area contributed by atoms with Gasteiger partial charge in [-0.1, -0.05) is 65.8 Å². The lowest BCUT2D eigenvalue weighted by molar-refractivity contribution is -0.136. The second-order valence-corrected chi connectivity index (χ2v) is 11.0. The van der Waals surface area contributed by atoms with Gasteiger partial charge in [-0.2, -0.15) is 0 Å². The predicted octanol–water partition coefficient (Wildman–Crippen LogP) is 7.54. The van der Waals surface area contributed by atoms with Crippen LogP contribution in [0.15, 0.2) is 46.9 Å². The third-order valence-corrected chi connectivity index (χ3v) is 6.81. The summed E-state index contributed by atoms with van der Waals surface area (Å²) in [5.74, 6) is 0.479. The maximum atomic E-state index is 13.5. The first-order valence-electron chi connectivity index (χ1n) is 12.9. The zero-order valence-corrected chi connectivity index (χ0v) is 22.6. The van der Waals surface area contributed by atoms with Crippen LogP contribution in [-0.2, 0) is 23.1 Å². The third kappa shape index (κ3) is 6.51. The highest BCUT2D eigenvalue weighted by Gasteiger charge is 2.25. The Hall–Kier alpha value is -3.21. The summed E-state index contributed by atoms with van der Waals surface area (Å²) in [7, 11) is 0. The van der Waals surface area contributed by atoms with E-state index in [9.17, 15) is 9.59 Å². The summed E-state index contributed by atoms with van der Waals surface area (Å²) in [5, 5.41) is 9.06. The van der Waals surface area contributed by atoms with Gasteiger partial charge in [0.25, 0.3) is 0 Å². The van der Waals surface area contributed by atoms with Crippen molar-refractivity contribution in [3.05, 3.63) is 76.2 Å². The normalized spacial score (nSPS) is 12.7. The molecule has 2 aromatic carbocycles. The Morgan fingerprint density at radius 3 is 2.28 bits per heavy atom. The molecule has 192 valence electrons. The molecule has 5 heteroatoms. The van der Waals surface area contributed by atoms with Crippen LogP contribution in [0.1, 0.15) is 98.8 Å². The molecule has 3 aromatic rings. The number of carboxylic acids is 1. The van der Waals surface area contributed by atoms with E-state index in [1.54, 1.807) is 0 Å². The number of hydrogen-bond donors (Lipinski definition) is 1. The van der Waals surface area contributed by atoms with Gasteiger partial charge in [-0.3, -0.25) is 9.59 Å². The van der Waals surface area contributed by atoms with Crippen LogP contribution in [0.3, 0.4) is 0 Å². The van der Waals surface area contributed by atoms with Crippen molar-refractivity contribution in [2.75, 3.05) is 0 Å². The Labute approximate surface area is 215 Å². The first kappa shape index (κ1) is 27.4. The number of hydrogen-bond acceptors (Lipinski definition) is 4. The molecule has 1 N–H and O–H groups in total. The van der Waals surface area contributed by atoms with E-state index in [-0.39, 0.29) is 29.5 Å². The zero-order chi connectivity index (χ0) is 26.6. The molecule has 1 aromatic heterocycles. The summed E-state index contributed by atoms with van der Waals surface area (Å²) in [6.07, 6.45) is 1.61. The molecule has 0 fully saturated rings. The molecule has 0 radical (unpaired) electrons. The molecule has 0 saturated heterocycles. The molecular weight excluding hydrogens is 450 g/mol. The molecule has 0 aliphatic carbocycles. The number of rotatable bonds is 10. The van der Waals surface area contributed by atoms with Gasteiger partial charge in [0.1, 0.15) is 5.76 Å². The number of aromatic nitrogens is 1. The highest BCUT2D eigenvalue weighted by Crippen LogP contribution is 2.31. The van der Waals surface area contributed by atoms with Crippen LogP contribution in [0.2, 0.25) is 0 Å². The summed E-state index contributed by atoms with van der Waals surface area (Å²) < 4.78 is 6.29. The SMILES string of the molecule is CCC(Cc1oc(-c2ccc(C(C)(C)C)cc2)nc1C(C)C)C(=O)c1ccc(C)c(CCC(=O)O)c1. The van der Waals surface area contributed by atoms with Crippen molar-refractivity contribution in [1.29, 1.82) is 0 Å². The van der Waals surface area contributed by atoms with Crippen LogP contribution in [-0.4, -0.2) is 21.8 Å². The number of ketones is 1. The maximum Gasteiger partial charge on any atom is 0.303 e. The Kier molecular flexibility index (Phi) is 8.55. The molecule has 0 bridgehead atoms. The Balaban J connectivity index is 1.87. The first-order chi connectivity index (χ1) is 16.9. The quantitative estimate of drug-likeness (QED) is 0.298. The molecule has 36 heavy (non-hydrogen) atoms. The third-order valence-electron chi connectivity index (χ3n) is 6.81. The van der Waals surface area contributed by atoms with Gasteiger partial charge in [0.2, 0.25) is 5.89 Å². The van der Waals surface area contributed by atoms with E-state index >= 15 is 0 Å². The fourth-order valence-electron chi connectivity index (χ4n) is 4.41. The van der Waals surface area contributed by atoms with Crippen molar-refractivity contribution in [3.63, 3.8) is 0 Å². The van der Waals surface area contributed by atoms with E-state index in [2.05, 4.69) is 46.8 Å². The number of carbonyl (C=O) groups excluding carboxylic acids is 1. The fourth-order valence-corrected chi connectivity index (χ4v) is 4.41. The number of nitrogens with zero attached hydrogens (tertiary/aromatic N) is 1. The summed E-state index contributed by atoms with van der Waals surface area (Å²) in [6.45, 7) is 14.7. The Bertz CT molecular complexity index is 1210. The van der Waals surface area contributed by atoms with Crippen LogP contribution in [0.5, 0.6) is 0 Å². The van der Waals surface area contributed by atoms with Crippen LogP contribution in [0, 0.1) is 12.8 Å². The zero-order valence-electron chi connectivity index (χ0n) is 22.6. The molecule has 1 atom stereocenters. The number of benzene rings is 2. The topological polar surface area (TPSA) is 80.4 Å². The van der Waals surface area contributed by atoms with E-state index in [4.69, 9.17) is 14.5 Å². The van der Waals surface area contributed by atoms with Crippen LogP contribution in [0.25, 0.3) is 11.5 Å². The number of carbonyl (C=O) groups is 2. The molecule has 0 amide bonds. The number of aryl methyl sites for hydroxylation is 2. The van der Waals surface area contributed by atoms with Crippen molar-refractivity contribution in [3.8, 4) is 11.5 Å². The standard InChI is InChI=1S/C31H39NO4/c1-8-21(29(35)24-10-9-20(4)23(17-24)13-16-27(33)34)18-26-28(19(2)3)32-30(36-26)22-11-14-25(15-12-22)31(5,6)7/h9-12,14-15,17,19,21H,8,13,16,18H2,1-7H3,(H,33,34). The number of oxazole rings is 1. The summed E-state index contributed by atoms with van der Waals surface area (Å²) in [5.41, 5.74) is 5.67. The minimum absolute atomic E-state index is 0.0466. The van der Waals surface area contributed by atoms with Gasteiger partial charge in [-0.25, -0.2) is 4.98 Å². The van der Waals surface area contributed by atoms with E-state index in [1.165, 1.54) is 5.56 Å². The van der Waals surface area contributed by atoms with Gasteiger partial charge < -0.3 is 9.52 Å². The van der Waals surface area contributed by atoms with Gasteiger partial charge in [0.05, 0.1) is 5.69 Å². The molecular formula is C31H39NO4. The van der Waals surface area contributed by atoms with E-state index < -0.39 is 5.97 Å². The average molecular weight is 490 g/mol. The monoisotopic (exact) mass is 489 g/mol. The highest BCUT2D eigenvalue weighted by molar-refractivity contribution is 5.98. The van der Waals surface area contributed by atoms with Crippen molar-refractivity contribution in [2.24, 2.45) is 5.92 Å². The maximum absolute atomic E-state index is 13.5. The Morgan fingerprint density at radius 2 is 1.72 bits per heavy atom. The number of Topliss-reactive ketones (excluding diaryl/α,β-unsaturated/α-hetero) is 1. The van der Waals surface area contributed by atoms with Gasteiger partial charge >= 0.3 is 5.97 Å². The average Bonchev–Trinajstić information content (AvgIpc) is 3.25. The molecule has 1 heterocycles. The van der Waals surface area contributed by atoms with E-state index in [0.29, 0.717) is 30.7 Å². The van der Waals surface area contributed by atoms with Crippen molar-refractivity contribution in [1.82, 2.24) is 4.98 Å². The number of aliphatic carboxylic acids is 1. The van der Waals surface area contributed by atoms with Crippen LogP contribution < -0.4 is 0 Å². The number of carboxylic acid groups (broad SMARTS) is 1. The highest BCUT2D eigenvalue weighted by atomic mass is 16.4. The van der Waals surface area contributed by atoms with Crippen molar-refractivity contribution in [2.45, 2.75) is 85.5 Å². The van der Waals surface area contributed by atoms with Gasteiger partial charge in [0, 0.05) is 29.9 Å². The molecule has 5 nitrogen and oxygen atoms in total. The van der Waals surface area contributed by atoms with Gasteiger partial charge in [-0.05, 0) is 66.0 Å². The molecule has 0 spiro atoms. The van der Waals surface area contributed by atoms with Gasteiger partial charge in [-0.15, -0.1) is 0 Å².